The highest BCUT2D eigenvalue weighted by molar-refractivity contribution is 7.00. The van der Waals surface area contributed by atoms with E-state index in [0.717, 1.165) is 89.9 Å². The molecule has 16 rings (SSSR count). The van der Waals surface area contributed by atoms with E-state index in [1.165, 1.54) is 59.5 Å². The maximum Gasteiger partial charge on any atom is 0.252 e. The molecule has 5 heteroatoms. The molecule has 79 heavy (non-hydrogen) atoms. The van der Waals surface area contributed by atoms with Gasteiger partial charge >= 0.3 is 0 Å². The van der Waals surface area contributed by atoms with Crippen molar-refractivity contribution in [1.82, 2.24) is 9.97 Å². The summed E-state index contributed by atoms with van der Waals surface area (Å²) in [6.45, 7) is -0.162. The number of benzene rings is 13. The lowest BCUT2D eigenvalue weighted by molar-refractivity contribution is 1.17. The Hall–Kier alpha value is -10.4. The fraction of sp³-hybridized carbons (Fsp3) is 0. The van der Waals surface area contributed by atoms with Gasteiger partial charge in [-0.05, 0) is 171 Å². The van der Waals surface area contributed by atoms with Crippen LogP contribution >= 0.6 is 0 Å². The van der Waals surface area contributed by atoms with Crippen LogP contribution in [0.5, 0.6) is 0 Å². The highest BCUT2D eigenvalue weighted by Gasteiger charge is 2.44. The largest absolute Gasteiger partial charge is 0.311 e. The molecule has 366 valence electrons. The second-order valence-corrected chi connectivity index (χ2v) is 21.0. The Bertz CT molecular complexity index is 4330. The Morgan fingerprint density at radius 1 is 0.278 bits per heavy atom. The predicted octanol–water partition coefficient (Wildman–Crippen LogP) is 17.5. The first kappa shape index (κ1) is 44.9. The minimum Gasteiger partial charge on any atom is -0.311 e. The van der Waals surface area contributed by atoms with Crippen LogP contribution in [-0.4, -0.2) is 16.7 Å². The van der Waals surface area contributed by atoms with Gasteiger partial charge in [0.05, 0.1) is 5.69 Å². The van der Waals surface area contributed by atoms with Crippen molar-refractivity contribution >= 4 is 100 Å². The van der Waals surface area contributed by atoms with E-state index >= 15 is 0 Å². The molecule has 2 aliphatic rings. The maximum atomic E-state index is 5.01. The Balaban J connectivity index is 1.07. The summed E-state index contributed by atoms with van der Waals surface area (Å²) in [6.07, 6.45) is 3.53. The summed E-state index contributed by atoms with van der Waals surface area (Å²) in [5.74, 6) is 0. The van der Waals surface area contributed by atoms with Crippen molar-refractivity contribution in [2.24, 2.45) is 0 Å². The van der Waals surface area contributed by atoms with Gasteiger partial charge in [0, 0.05) is 45.9 Å². The molecule has 0 fully saturated rings. The second kappa shape index (κ2) is 18.2. The van der Waals surface area contributed by atoms with Crippen molar-refractivity contribution in [1.29, 1.82) is 0 Å². The molecule has 0 amide bonds. The monoisotopic (exact) mass is 1000 g/mol. The third kappa shape index (κ3) is 7.46. The van der Waals surface area contributed by atoms with Crippen molar-refractivity contribution in [3.05, 3.63) is 286 Å². The number of fused-ring (bicyclic) bond motifs is 10. The standard InChI is InChI=1S/C74H47BN4/c1-5-17-48(18-6-1)56-35-57(49-19-7-2-8-20-49)38-61(37-56)78-70-45-65-54(31-29-52-25-13-15-27-63(52)65)41-67(70)75-68-42-55-32-30-53-26-14-16-28-64(53)66(55)46-71(68)79(73-44-60(43-72(78)74(73)75)69-33-34-76-47-77-69)62-39-58(50-21-9-3-10-22-50)36-59(40-62)51-23-11-4-12-24-51/h1-47H. The molecule has 0 aliphatic carbocycles. The molecule has 4 nitrogen and oxygen atoms in total. The molecule has 0 N–H and O–H groups in total. The molecule has 2 aliphatic heterocycles. The topological polar surface area (TPSA) is 32.3 Å². The number of aromatic nitrogens is 2. The first-order chi connectivity index (χ1) is 39.1. The Morgan fingerprint density at radius 2 is 0.671 bits per heavy atom. The summed E-state index contributed by atoms with van der Waals surface area (Å²) in [5.41, 5.74) is 21.4. The average molecular weight is 1000 g/mol. The van der Waals surface area contributed by atoms with E-state index < -0.39 is 0 Å². The zero-order valence-corrected chi connectivity index (χ0v) is 43.0. The highest BCUT2D eigenvalue weighted by atomic mass is 15.2. The molecule has 0 saturated heterocycles. The number of rotatable bonds is 7. The van der Waals surface area contributed by atoms with Gasteiger partial charge < -0.3 is 9.80 Å². The molecule has 0 radical (unpaired) electrons. The minimum atomic E-state index is -0.162. The number of anilines is 6. The lowest BCUT2D eigenvalue weighted by atomic mass is 9.33. The summed E-state index contributed by atoms with van der Waals surface area (Å²) in [5, 5.41) is 9.74. The predicted molar refractivity (Wildman–Crippen MR) is 333 cm³/mol. The Morgan fingerprint density at radius 3 is 1.08 bits per heavy atom. The van der Waals surface area contributed by atoms with E-state index in [2.05, 4.69) is 282 Å². The zero-order valence-electron chi connectivity index (χ0n) is 43.0. The van der Waals surface area contributed by atoms with E-state index in [0.29, 0.717) is 0 Å². The van der Waals surface area contributed by atoms with Crippen LogP contribution in [0.1, 0.15) is 0 Å². The van der Waals surface area contributed by atoms with Crippen LogP contribution in [0.3, 0.4) is 0 Å². The normalized spacial score (nSPS) is 12.5. The Kier molecular flexibility index (Phi) is 10.3. The molecular weight excluding hydrogens is 956 g/mol. The molecule has 0 unspecified atom stereocenters. The van der Waals surface area contributed by atoms with E-state index in [1.54, 1.807) is 6.33 Å². The summed E-state index contributed by atoms with van der Waals surface area (Å²) in [6, 6.07) is 101. The van der Waals surface area contributed by atoms with Gasteiger partial charge in [0.15, 0.2) is 0 Å². The van der Waals surface area contributed by atoms with Crippen molar-refractivity contribution in [3.8, 4) is 55.8 Å². The van der Waals surface area contributed by atoms with E-state index in [1.807, 2.05) is 12.3 Å². The highest BCUT2D eigenvalue weighted by Crippen LogP contribution is 2.50. The lowest BCUT2D eigenvalue weighted by Crippen LogP contribution is -2.61. The SMILES string of the molecule is c1ccc(-c2cc(-c3ccccc3)cc(N3c4cc5c(ccc6ccccc65)cc4B4c5cc6ccc7ccccc7c6cc5N(c5cc(-c6ccccc6)cc(-c6ccccc6)c5)c5cc(-c6ccncn6)cc3c54)c2)cc1. The van der Waals surface area contributed by atoms with Gasteiger partial charge in [-0.15, -0.1) is 0 Å². The first-order valence-corrected chi connectivity index (χ1v) is 27.1. The molecule has 13 aromatic carbocycles. The maximum absolute atomic E-state index is 5.01. The summed E-state index contributed by atoms with van der Waals surface area (Å²) >= 11 is 0. The van der Waals surface area contributed by atoms with Gasteiger partial charge in [-0.25, -0.2) is 9.97 Å². The Labute approximate surface area is 458 Å². The first-order valence-electron chi connectivity index (χ1n) is 27.1. The van der Waals surface area contributed by atoms with Gasteiger partial charge in [0.25, 0.3) is 6.71 Å². The smallest absolute Gasteiger partial charge is 0.252 e. The van der Waals surface area contributed by atoms with Crippen molar-refractivity contribution in [2.75, 3.05) is 9.80 Å². The lowest BCUT2D eigenvalue weighted by Gasteiger charge is -2.45. The molecule has 0 bridgehead atoms. The van der Waals surface area contributed by atoms with Crippen LogP contribution in [0.15, 0.2) is 286 Å². The van der Waals surface area contributed by atoms with Gasteiger partial charge in [-0.1, -0.05) is 206 Å². The number of hydrogen-bond acceptors (Lipinski definition) is 4. The summed E-state index contributed by atoms with van der Waals surface area (Å²) in [4.78, 5) is 14.6. The number of nitrogens with zero attached hydrogens (tertiary/aromatic N) is 4. The van der Waals surface area contributed by atoms with Gasteiger partial charge in [-0.2, -0.15) is 0 Å². The summed E-state index contributed by atoms with van der Waals surface area (Å²) < 4.78 is 0. The van der Waals surface area contributed by atoms with Crippen molar-refractivity contribution < 1.29 is 0 Å². The van der Waals surface area contributed by atoms with E-state index in [-0.39, 0.29) is 6.71 Å². The van der Waals surface area contributed by atoms with Gasteiger partial charge in [-0.3, -0.25) is 0 Å². The van der Waals surface area contributed by atoms with E-state index in [9.17, 15) is 0 Å². The summed E-state index contributed by atoms with van der Waals surface area (Å²) in [7, 11) is 0. The van der Waals surface area contributed by atoms with Crippen LogP contribution < -0.4 is 26.2 Å². The van der Waals surface area contributed by atoms with Crippen LogP contribution in [0.2, 0.25) is 0 Å². The quantitative estimate of drug-likeness (QED) is 0.118. The number of hydrogen-bond donors (Lipinski definition) is 0. The van der Waals surface area contributed by atoms with Crippen LogP contribution in [0, 0.1) is 0 Å². The van der Waals surface area contributed by atoms with Gasteiger partial charge in [0.1, 0.15) is 6.33 Å². The fourth-order valence-electron chi connectivity index (χ4n) is 12.8. The van der Waals surface area contributed by atoms with Crippen LogP contribution in [-0.2, 0) is 0 Å². The molecule has 0 saturated carbocycles. The fourth-order valence-corrected chi connectivity index (χ4v) is 12.8. The van der Waals surface area contributed by atoms with Gasteiger partial charge in [0.2, 0.25) is 0 Å². The zero-order chi connectivity index (χ0) is 52.0. The average Bonchev–Trinajstić information content (AvgIpc) is 3.61. The molecule has 14 aromatic rings. The van der Waals surface area contributed by atoms with Crippen molar-refractivity contribution in [3.63, 3.8) is 0 Å². The molecule has 3 heterocycles. The molecular formula is C74H47BN4. The van der Waals surface area contributed by atoms with E-state index in [4.69, 9.17) is 4.98 Å². The van der Waals surface area contributed by atoms with Crippen LogP contribution in [0.4, 0.5) is 34.1 Å². The molecule has 0 atom stereocenters. The third-order valence-electron chi connectivity index (χ3n) is 16.5. The molecule has 1 aromatic heterocycles. The third-order valence-corrected chi connectivity index (χ3v) is 16.5. The second-order valence-electron chi connectivity index (χ2n) is 21.0. The minimum absolute atomic E-state index is 0.162. The molecule has 0 spiro atoms. The van der Waals surface area contributed by atoms with Crippen LogP contribution in [0.25, 0.3) is 98.9 Å². The van der Waals surface area contributed by atoms with Crippen molar-refractivity contribution in [2.45, 2.75) is 0 Å².